The summed E-state index contributed by atoms with van der Waals surface area (Å²) in [6.07, 6.45) is 1.64. The van der Waals surface area contributed by atoms with Crippen LogP contribution >= 0.6 is 50.1 Å². The Hall–Kier alpha value is -2.36. The summed E-state index contributed by atoms with van der Waals surface area (Å²) < 4.78 is 18.7. The molecule has 0 fully saturated rings. The lowest BCUT2D eigenvalue weighted by Crippen LogP contribution is -2.06. The van der Waals surface area contributed by atoms with Crippen molar-refractivity contribution in [2.45, 2.75) is 6.61 Å². The molecule has 0 radical (unpaired) electrons. The predicted octanol–water partition coefficient (Wildman–Crippen LogP) is 6.64. The predicted molar refractivity (Wildman–Crippen MR) is 136 cm³/mol. The zero-order chi connectivity index (χ0) is 22.7. The summed E-state index contributed by atoms with van der Waals surface area (Å²) in [5, 5.41) is 0.464. The van der Waals surface area contributed by atoms with Crippen molar-refractivity contribution in [3.63, 3.8) is 0 Å². The van der Waals surface area contributed by atoms with Gasteiger partial charge in [-0.25, -0.2) is 9.79 Å². The van der Waals surface area contributed by atoms with E-state index in [1.807, 2.05) is 42.5 Å². The van der Waals surface area contributed by atoms with Crippen molar-refractivity contribution in [2.24, 2.45) is 4.99 Å². The van der Waals surface area contributed by atoms with Crippen LogP contribution in [0.1, 0.15) is 16.7 Å². The molecule has 0 saturated carbocycles. The van der Waals surface area contributed by atoms with E-state index >= 15 is 0 Å². The average Bonchev–Trinajstić information content (AvgIpc) is 3.15. The van der Waals surface area contributed by atoms with Crippen LogP contribution in [-0.4, -0.2) is 19.0 Å². The zero-order valence-electron chi connectivity index (χ0n) is 16.8. The molecule has 1 heterocycles. The molecule has 0 unspecified atom stereocenters. The summed E-state index contributed by atoms with van der Waals surface area (Å²) in [4.78, 5) is 16.7. The smallest absolute Gasteiger partial charge is 0.363 e. The molecule has 1 aliphatic rings. The van der Waals surface area contributed by atoms with Crippen LogP contribution < -0.4 is 9.47 Å². The number of methoxy groups -OCH3 is 1. The van der Waals surface area contributed by atoms with Crippen LogP contribution in [0.4, 0.5) is 0 Å². The van der Waals surface area contributed by atoms with E-state index in [9.17, 15) is 4.79 Å². The van der Waals surface area contributed by atoms with Crippen molar-refractivity contribution in [3.8, 4) is 11.5 Å². The lowest BCUT2D eigenvalue weighted by molar-refractivity contribution is -0.129. The van der Waals surface area contributed by atoms with Crippen molar-refractivity contribution >= 4 is 68.1 Å². The van der Waals surface area contributed by atoms with E-state index in [1.165, 1.54) is 0 Å². The van der Waals surface area contributed by atoms with E-state index < -0.39 is 5.97 Å². The molecule has 0 bridgehead atoms. The van der Waals surface area contributed by atoms with Crippen LogP contribution in [0.5, 0.6) is 11.5 Å². The molecule has 0 N–H and O–H groups in total. The van der Waals surface area contributed by atoms with Crippen molar-refractivity contribution in [1.29, 1.82) is 0 Å². The van der Waals surface area contributed by atoms with Gasteiger partial charge in [-0.3, -0.25) is 0 Å². The van der Waals surface area contributed by atoms with Crippen LogP contribution in [0.3, 0.4) is 0 Å². The number of ether oxygens (including phenoxy) is 3. The van der Waals surface area contributed by atoms with E-state index in [-0.39, 0.29) is 11.6 Å². The Morgan fingerprint density at radius 1 is 1.12 bits per heavy atom. The third kappa shape index (κ3) is 5.16. The molecule has 32 heavy (non-hydrogen) atoms. The molecular formula is C24H16BrClINO4. The molecule has 0 aromatic heterocycles. The van der Waals surface area contributed by atoms with Gasteiger partial charge < -0.3 is 14.2 Å². The van der Waals surface area contributed by atoms with Crippen LogP contribution in [0.2, 0.25) is 5.02 Å². The number of hydrogen-bond acceptors (Lipinski definition) is 5. The standard InChI is InChI=1S/C24H16BrClINO4/c1-30-22-11-14(6-9-21(22)31-13-15-4-2-3-5-18(15)25)10-20-24(29)32-23(28-20)17-12-16(27)7-8-19(17)26/h2-12H,13H2,1H3/b20-10-. The Kier molecular flexibility index (Phi) is 7.17. The zero-order valence-corrected chi connectivity index (χ0v) is 21.3. The fourth-order valence-electron chi connectivity index (χ4n) is 3.01. The van der Waals surface area contributed by atoms with Crippen molar-refractivity contribution in [1.82, 2.24) is 0 Å². The van der Waals surface area contributed by atoms with Crippen LogP contribution in [0, 0.1) is 3.57 Å². The lowest BCUT2D eigenvalue weighted by atomic mass is 10.1. The van der Waals surface area contributed by atoms with Gasteiger partial charge in [-0.2, -0.15) is 0 Å². The van der Waals surface area contributed by atoms with Crippen molar-refractivity contribution in [3.05, 3.63) is 96.1 Å². The highest BCUT2D eigenvalue weighted by Gasteiger charge is 2.26. The fourth-order valence-corrected chi connectivity index (χ4v) is 4.10. The number of halogens is 3. The molecule has 0 aliphatic carbocycles. The van der Waals surface area contributed by atoms with Gasteiger partial charge in [0.2, 0.25) is 5.90 Å². The van der Waals surface area contributed by atoms with E-state index in [0.717, 1.165) is 19.2 Å². The third-order valence-electron chi connectivity index (χ3n) is 4.61. The summed E-state index contributed by atoms with van der Waals surface area (Å²) in [6, 6.07) is 18.7. The number of benzene rings is 3. The topological polar surface area (TPSA) is 57.1 Å². The van der Waals surface area contributed by atoms with Gasteiger partial charge in [-0.05, 0) is 70.6 Å². The number of aliphatic imine (C=N–C) groups is 1. The van der Waals surface area contributed by atoms with Crippen molar-refractivity contribution < 1.29 is 19.0 Å². The molecule has 3 aromatic carbocycles. The summed E-state index contributed by atoms with van der Waals surface area (Å²) >= 11 is 11.9. The molecule has 0 saturated heterocycles. The normalized spacial score (nSPS) is 14.3. The minimum absolute atomic E-state index is 0.180. The largest absolute Gasteiger partial charge is 0.493 e. The lowest BCUT2D eigenvalue weighted by Gasteiger charge is -2.12. The van der Waals surface area contributed by atoms with Crippen molar-refractivity contribution in [2.75, 3.05) is 7.11 Å². The van der Waals surface area contributed by atoms with Gasteiger partial charge in [0.1, 0.15) is 6.61 Å². The molecule has 0 atom stereocenters. The third-order valence-corrected chi connectivity index (χ3v) is 6.39. The highest BCUT2D eigenvalue weighted by atomic mass is 127. The quantitative estimate of drug-likeness (QED) is 0.175. The molecule has 0 amide bonds. The summed E-state index contributed by atoms with van der Waals surface area (Å²) in [5.41, 5.74) is 2.49. The first-order chi connectivity index (χ1) is 15.4. The van der Waals surface area contributed by atoms with E-state index in [4.69, 9.17) is 25.8 Å². The Morgan fingerprint density at radius 2 is 1.94 bits per heavy atom. The highest BCUT2D eigenvalue weighted by Crippen LogP contribution is 2.31. The number of carbonyl (C=O) groups is 1. The molecule has 0 spiro atoms. The maximum atomic E-state index is 12.4. The van der Waals surface area contributed by atoms with Gasteiger partial charge in [0.25, 0.3) is 0 Å². The van der Waals surface area contributed by atoms with Gasteiger partial charge in [-0.15, -0.1) is 0 Å². The first kappa shape index (κ1) is 22.8. The van der Waals surface area contributed by atoms with Gasteiger partial charge in [0, 0.05) is 13.6 Å². The Morgan fingerprint density at radius 3 is 2.72 bits per heavy atom. The maximum absolute atomic E-state index is 12.4. The molecule has 162 valence electrons. The van der Waals surface area contributed by atoms with E-state index in [2.05, 4.69) is 43.5 Å². The SMILES string of the molecule is COc1cc(/C=C2\N=C(c3cc(I)ccc3Cl)OC2=O)ccc1OCc1ccccc1Br. The first-order valence-electron chi connectivity index (χ1n) is 9.47. The molecule has 5 nitrogen and oxygen atoms in total. The van der Waals surface area contributed by atoms with Crippen LogP contribution in [-0.2, 0) is 16.1 Å². The molecular weight excluding hydrogens is 609 g/mol. The fraction of sp³-hybridized carbons (Fsp3) is 0.0833. The maximum Gasteiger partial charge on any atom is 0.363 e. The van der Waals surface area contributed by atoms with E-state index in [1.54, 1.807) is 31.4 Å². The van der Waals surface area contributed by atoms with E-state index in [0.29, 0.717) is 28.7 Å². The Bertz CT molecular complexity index is 1260. The summed E-state index contributed by atoms with van der Waals surface area (Å²) in [6.45, 7) is 0.384. The number of cyclic esters (lactones) is 1. The summed E-state index contributed by atoms with van der Waals surface area (Å²) in [7, 11) is 1.57. The van der Waals surface area contributed by atoms with Crippen LogP contribution in [0.25, 0.3) is 6.08 Å². The van der Waals surface area contributed by atoms with Gasteiger partial charge >= 0.3 is 5.97 Å². The monoisotopic (exact) mass is 623 g/mol. The first-order valence-corrected chi connectivity index (χ1v) is 11.7. The van der Waals surface area contributed by atoms with Gasteiger partial charge in [-0.1, -0.05) is 51.8 Å². The highest BCUT2D eigenvalue weighted by molar-refractivity contribution is 14.1. The minimum atomic E-state index is -0.539. The number of rotatable bonds is 6. The second-order valence-corrected chi connectivity index (χ2v) is 9.26. The second-order valence-electron chi connectivity index (χ2n) is 6.75. The molecule has 8 heteroatoms. The van der Waals surface area contributed by atoms with Gasteiger partial charge in [0.15, 0.2) is 17.2 Å². The molecule has 3 aromatic rings. The summed E-state index contributed by atoms with van der Waals surface area (Å²) in [5.74, 6) is 0.783. The number of carbonyl (C=O) groups excluding carboxylic acids is 1. The molecule has 4 rings (SSSR count). The average molecular weight is 625 g/mol. The van der Waals surface area contributed by atoms with Gasteiger partial charge in [0.05, 0.1) is 17.7 Å². The minimum Gasteiger partial charge on any atom is -0.493 e. The number of hydrogen-bond donors (Lipinski definition) is 0. The number of esters is 1. The van der Waals surface area contributed by atoms with Crippen LogP contribution in [0.15, 0.2) is 75.8 Å². The Balaban J connectivity index is 1.57. The molecule has 1 aliphatic heterocycles. The second kappa shape index (κ2) is 10.1. The number of nitrogens with zero attached hydrogens (tertiary/aromatic N) is 1. The Labute approximate surface area is 212 Å².